The molecule has 28 heavy (non-hydrogen) atoms. The van der Waals surface area contributed by atoms with E-state index in [9.17, 15) is 14.4 Å². The van der Waals surface area contributed by atoms with Gasteiger partial charge in [0.15, 0.2) is 0 Å². The number of likely N-dealkylation sites (tertiary alicyclic amines) is 1. The summed E-state index contributed by atoms with van der Waals surface area (Å²) in [4.78, 5) is 37.8. The van der Waals surface area contributed by atoms with Crippen molar-refractivity contribution in [2.24, 2.45) is 0 Å². The molecule has 0 bridgehead atoms. The van der Waals surface area contributed by atoms with Gasteiger partial charge in [0.05, 0.1) is 6.04 Å². The van der Waals surface area contributed by atoms with Crippen molar-refractivity contribution in [3.8, 4) is 0 Å². The van der Waals surface area contributed by atoms with Crippen molar-refractivity contribution in [1.82, 2.24) is 15.5 Å². The second kappa shape index (κ2) is 9.43. The Bertz CT molecular complexity index is 687. The first-order valence-electron chi connectivity index (χ1n) is 9.39. The van der Waals surface area contributed by atoms with Crippen LogP contribution in [0.4, 0.5) is 9.59 Å². The van der Waals surface area contributed by atoms with Crippen LogP contribution in [-0.4, -0.2) is 53.8 Å². The molecule has 8 heteroatoms. The Kier molecular flexibility index (Phi) is 7.25. The summed E-state index contributed by atoms with van der Waals surface area (Å²) in [5.74, 6) is -0.224. The maximum Gasteiger partial charge on any atom is 0.407 e. The molecule has 0 saturated carbocycles. The number of rotatable bonds is 5. The van der Waals surface area contributed by atoms with Crippen LogP contribution in [0.25, 0.3) is 0 Å². The predicted octanol–water partition coefficient (Wildman–Crippen LogP) is 2.43. The first-order chi connectivity index (χ1) is 13.2. The van der Waals surface area contributed by atoms with Gasteiger partial charge in [0.2, 0.25) is 5.91 Å². The third kappa shape index (κ3) is 6.75. The summed E-state index contributed by atoms with van der Waals surface area (Å²) < 4.78 is 10.4. The second-order valence-electron chi connectivity index (χ2n) is 7.78. The standard InChI is InChI=1S/C20H29N3O5/c1-14-16(22-19(26)28-20(2,3)4)10-11-23(14)17(24)12-21-18(25)27-13-15-8-6-5-7-9-15/h5-9,14,16H,10-13H2,1-4H3,(H,21,25)(H,22,26)/t14-,16+/m0/s1. The van der Waals surface area contributed by atoms with E-state index in [0.29, 0.717) is 13.0 Å². The number of hydrogen-bond donors (Lipinski definition) is 2. The molecule has 2 rings (SSSR count). The summed E-state index contributed by atoms with van der Waals surface area (Å²) in [7, 11) is 0. The van der Waals surface area contributed by atoms with E-state index < -0.39 is 17.8 Å². The zero-order valence-electron chi connectivity index (χ0n) is 16.9. The lowest BCUT2D eigenvalue weighted by Crippen LogP contribution is -2.48. The molecule has 1 aromatic carbocycles. The van der Waals surface area contributed by atoms with Crippen molar-refractivity contribution in [2.45, 2.75) is 58.4 Å². The number of alkyl carbamates (subject to hydrolysis) is 2. The molecule has 1 heterocycles. The van der Waals surface area contributed by atoms with Gasteiger partial charge in [-0.2, -0.15) is 0 Å². The largest absolute Gasteiger partial charge is 0.445 e. The Morgan fingerprint density at radius 2 is 1.82 bits per heavy atom. The Balaban J connectivity index is 1.73. The lowest BCUT2D eigenvalue weighted by Gasteiger charge is -2.26. The Morgan fingerprint density at radius 1 is 1.14 bits per heavy atom. The van der Waals surface area contributed by atoms with Crippen molar-refractivity contribution >= 4 is 18.1 Å². The van der Waals surface area contributed by atoms with Gasteiger partial charge in [-0.3, -0.25) is 4.79 Å². The monoisotopic (exact) mass is 391 g/mol. The van der Waals surface area contributed by atoms with E-state index in [1.54, 1.807) is 25.7 Å². The summed E-state index contributed by atoms with van der Waals surface area (Å²) in [6.45, 7) is 7.73. The summed E-state index contributed by atoms with van der Waals surface area (Å²) in [5.41, 5.74) is 0.291. The lowest BCUT2D eigenvalue weighted by molar-refractivity contribution is -0.130. The SMILES string of the molecule is C[C@H]1[C@H](NC(=O)OC(C)(C)C)CCN1C(=O)CNC(=O)OCc1ccccc1. The molecule has 1 aromatic rings. The van der Waals surface area contributed by atoms with E-state index in [2.05, 4.69) is 10.6 Å². The van der Waals surface area contributed by atoms with Crippen LogP contribution in [-0.2, 0) is 20.9 Å². The molecule has 2 atom stereocenters. The average Bonchev–Trinajstić information content (AvgIpc) is 2.97. The van der Waals surface area contributed by atoms with Gasteiger partial charge in [-0.15, -0.1) is 0 Å². The highest BCUT2D eigenvalue weighted by Crippen LogP contribution is 2.18. The molecule has 1 aliphatic heterocycles. The fourth-order valence-corrected chi connectivity index (χ4v) is 2.97. The van der Waals surface area contributed by atoms with Crippen LogP contribution < -0.4 is 10.6 Å². The fourth-order valence-electron chi connectivity index (χ4n) is 2.97. The maximum atomic E-state index is 12.4. The Labute approximate surface area is 165 Å². The van der Waals surface area contributed by atoms with Crippen LogP contribution in [0.5, 0.6) is 0 Å². The molecular weight excluding hydrogens is 362 g/mol. The van der Waals surface area contributed by atoms with Gasteiger partial charge in [-0.05, 0) is 39.7 Å². The first-order valence-corrected chi connectivity index (χ1v) is 9.39. The minimum Gasteiger partial charge on any atom is -0.445 e. The Morgan fingerprint density at radius 3 is 2.46 bits per heavy atom. The molecular formula is C20H29N3O5. The molecule has 154 valence electrons. The smallest absolute Gasteiger partial charge is 0.407 e. The number of hydrogen-bond acceptors (Lipinski definition) is 5. The number of amides is 3. The quantitative estimate of drug-likeness (QED) is 0.803. The van der Waals surface area contributed by atoms with Gasteiger partial charge in [0, 0.05) is 12.6 Å². The molecule has 8 nitrogen and oxygen atoms in total. The third-order valence-corrected chi connectivity index (χ3v) is 4.37. The van der Waals surface area contributed by atoms with Crippen LogP contribution in [0.3, 0.4) is 0 Å². The summed E-state index contributed by atoms with van der Waals surface area (Å²) in [6, 6.07) is 8.91. The van der Waals surface area contributed by atoms with E-state index in [1.165, 1.54) is 0 Å². The zero-order chi connectivity index (χ0) is 20.7. The van der Waals surface area contributed by atoms with Gasteiger partial charge in [0.25, 0.3) is 0 Å². The summed E-state index contributed by atoms with van der Waals surface area (Å²) in [5, 5.41) is 5.28. The van der Waals surface area contributed by atoms with E-state index >= 15 is 0 Å². The molecule has 2 N–H and O–H groups in total. The van der Waals surface area contributed by atoms with Crippen molar-refractivity contribution < 1.29 is 23.9 Å². The number of carbonyl (C=O) groups excluding carboxylic acids is 3. The van der Waals surface area contributed by atoms with Gasteiger partial charge < -0.3 is 25.0 Å². The van der Waals surface area contributed by atoms with Gasteiger partial charge in [0.1, 0.15) is 18.8 Å². The van der Waals surface area contributed by atoms with Crippen molar-refractivity contribution in [3.63, 3.8) is 0 Å². The van der Waals surface area contributed by atoms with Crippen LogP contribution in [0, 0.1) is 0 Å². The van der Waals surface area contributed by atoms with Crippen LogP contribution in [0.15, 0.2) is 30.3 Å². The molecule has 1 saturated heterocycles. The zero-order valence-corrected chi connectivity index (χ0v) is 16.9. The van der Waals surface area contributed by atoms with Crippen LogP contribution in [0.2, 0.25) is 0 Å². The van der Waals surface area contributed by atoms with Gasteiger partial charge in [-0.1, -0.05) is 30.3 Å². The van der Waals surface area contributed by atoms with Crippen LogP contribution in [0.1, 0.15) is 39.7 Å². The number of nitrogens with zero attached hydrogens (tertiary/aromatic N) is 1. The highest BCUT2D eigenvalue weighted by atomic mass is 16.6. The molecule has 0 radical (unpaired) electrons. The van der Waals surface area contributed by atoms with Crippen molar-refractivity contribution in [3.05, 3.63) is 35.9 Å². The normalized spacial score (nSPS) is 19.1. The molecule has 0 unspecified atom stereocenters. The summed E-state index contributed by atoms with van der Waals surface area (Å²) >= 11 is 0. The first kappa shape index (κ1) is 21.5. The number of carbonyl (C=O) groups is 3. The number of ether oxygens (including phenoxy) is 2. The van der Waals surface area contributed by atoms with E-state index in [4.69, 9.17) is 9.47 Å². The van der Waals surface area contributed by atoms with Crippen LogP contribution >= 0.6 is 0 Å². The lowest BCUT2D eigenvalue weighted by atomic mass is 10.1. The highest BCUT2D eigenvalue weighted by molar-refractivity contribution is 5.83. The maximum absolute atomic E-state index is 12.4. The third-order valence-electron chi connectivity index (χ3n) is 4.37. The molecule has 0 spiro atoms. The van der Waals surface area contributed by atoms with E-state index in [-0.39, 0.29) is 31.1 Å². The van der Waals surface area contributed by atoms with Crippen molar-refractivity contribution in [1.29, 1.82) is 0 Å². The minimum absolute atomic E-state index is 0.142. The Hall–Kier alpha value is -2.77. The van der Waals surface area contributed by atoms with Gasteiger partial charge >= 0.3 is 12.2 Å². The topological polar surface area (TPSA) is 97.0 Å². The summed E-state index contributed by atoms with van der Waals surface area (Å²) in [6.07, 6.45) is -0.515. The molecule has 1 fully saturated rings. The average molecular weight is 391 g/mol. The molecule has 3 amide bonds. The predicted molar refractivity (Wildman–Crippen MR) is 104 cm³/mol. The molecule has 1 aliphatic rings. The number of nitrogens with one attached hydrogen (secondary N) is 2. The van der Waals surface area contributed by atoms with E-state index in [1.807, 2.05) is 37.3 Å². The fraction of sp³-hybridized carbons (Fsp3) is 0.550. The van der Waals surface area contributed by atoms with Crippen molar-refractivity contribution in [2.75, 3.05) is 13.1 Å². The minimum atomic E-state index is -0.646. The van der Waals surface area contributed by atoms with E-state index in [0.717, 1.165) is 5.56 Å². The highest BCUT2D eigenvalue weighted by Gasteiger charge is 2.35. The van der Waals surface area contributed by atoms with Gasteiger partial charge in [-0.25, -0.2) is 9.59 Å². The molecule has 0 aliphatic carbocycles. The second-order valence-corrected chi connectivity index (χ2v) is 7.78. The molecule has 0 aromatic heterocycles. The number of benzene rings is 1.